The Hall–Kier alpha value is -3.15. The number of anilines is 1. The first-order valence-corrected chi connectivity index (χ1v) is 7.54. The summed E-state index contributed by atoms with van der Waals surface area (Å²) in [5, 5.41) is 7.62. The molecule has 0 atom stereocenters. The number of carbonyl (C=O) groups excluding carboxylic acids is 1. The van der Waals surface area contributed by atoms with E-state index in [1.165, 1.54) is 9.58 Å². The Kier molecular flexibility index (Phi) is 4.56. The molecule has 3 aromatic rings. The highest BCUT2D eigenvalue weighted by Crippen LogP contribution is 2.20. The highest BCUT2D eigenvalue weighted by Gasteiger charge is 2.16. The zero-order chi connectivity index (χ0) is 16.9. The van der Waals surface area contributed by atoms with Gasteiger partial charge in [-0.2, -0.15) is 0 Å². The number of rotatable bonds is 5. The lowest BCUT2D eigenvalue weighted by atomic mass is 10.2. The Bertz CT molecular complexity index is 813. The zero-order valence-corrected chi connectivity index (χ0v) is 13.6. The molecule has 24 heavy (non-hydrogen) atoms. The Morgan fingerprint density at radius 2 is 1.83 bits per heavy atom. The molecular weight excluding hydrogens is 304 g/mol. The van der Waals surface area contributed by atoms with Crippen molar-refractivity contribution in [1.82, 2.24) is 15.0 Å². The molecule has 1 heterocycles. The highest BCUT2D eigenvalue weighted by molar-refractivity contribution is 6.04. The summed E-state index contributed by atoms with van der Waals surface area (Å²) in [6.07, 6.45) is 1.59. The van der Waals surface area contributed by atoms with E-state index in [2.05, 4.69) is 10.3 Å². The van der Waals surface area contributed by atoms with Crippen molar-refractivity contribution < 1.29 is 9.53 Å². The fourth-order valence-electron chi connectivity index (χ4n) is 2.24. The maximum absolute atomic E-state index is 12.3. The quantitative estimate of drug-likeness (QED) is 0.724. The average molecular weight is 322 g/mol. The second-order valence-corrected chi connectivity index (χ2v) is 5.41. The van der Waals surface area contributed by atoms with Gasteiger partial charge in [-0.15, -0.1) is 5.10 Å². The topological polar surface area (TPSA) is 60.2 Å². The van der Waals surface area contributed by atoms with Crippen LogP contribution in [0.15, 0.2) is 60.8 Å². The molecule has 3 rings (SSSR count). The monoisotopic (exact) mass is 322 g/mol. The molecule has 0 saturated heterocycles. The summed E-state index contributed by atoms with van der Waals surface area (Å²) in [5.74, 6) is 0.545. The number of carbonyl (C=O) groups is 1. The van der Waals surface area contributed by atoms with Crippen molar-refractivity contribution >= 4 is 11.6 Å². The van der Waals surface area contributed by atoms with Crippen LogP contribution < -0.4 is 9.64 Å². The molecule has 2 aromatic carbocycles. The molecule has 1 aromatic heterocycles. The van der Waals surface area contributed by atoms with Crippen molar-refractivity contribution in [2.45, 2.75) is 6.61 Å². The summed E-state index contributed by atoms with van der Waals surface area (Å²) in [6, 6.07) is 17.3. The van der Waals surface area contributed by atoms with Gasteiger partial charge < -0.3 is 9.64 Å². The van der Waals surface area contributed by atoms with Gasteiger partial charge in [-0.25, -0.2) is 0 Å². The first-order valence-electron chi connectivity index (χ1n) is 7.54. The Labute approximate surface area is 140 Å². The third kappa shape index (κ3) is 3.60. The summed E-state index contributed by atoms with van der Waals surface area (Å²) in [6.45, 7) is 0.508. The maximum Gasteiger partial charge on any atom is 0.280 e. The number of hydrogen-bond acceptors (Lipinski definition) is 4. The van der Waals surface area contributed by atoms with E-state index in [4.69, 9.17) is 4.74 Å². The van der Waals surface area contributed by atoms with E-state index in [1.807, 2.05) is 54.6 Å². The van der Waals surface area contributed by atoms with Crippen molar-refractivity contribution in [2.75, 3.05) is 11.9 Å². The largest absolute Gasteiger partial charge is 0.489 e. The maximum atomic E-state index is 12.3. The van der Waals surface area contributed by atoms with Crippen molar-refractivity contribution in [1.29, 1.82) is 0 Å². The van der Waals surface area contributed by atoms with E-state index in [0.29, 0.717) is 12.3 Å². The average Bonchev–Trinajstić information content (AvgIpc) is 3.06. The van der Waals surface area contributed by atoms with Gasteiger partial charge in [0.05, 0.1) is 6.20 Å². The van der Waals surface area contributed by atoms with Crippen LogP contribution in [0.1, 0.15) is 16.1 Å². The van der Waals surface area contributed by atoms with Crippen molar-refractivity contribution in [3.63, 3.8) is 0 Å². The molecule has 0 bridgehead atoms. The van der Waals surface area contributed by atoms with E-state index < -0.39 is 0 Å². The van der Waals surface area contributed by atoms with Crippen LogP contribution in [0.2, 0.25) is 0 Å². The molecule has 6 heteroatoms. The highest BCUT2D eigenvalue weighted by atomic mass is 16.5. The molecule has 0 fully saturated rings. The van der Waals surface area contributed by atoms with Crippen LogP contribution >= 0.6 is 0 Å². The Balaban J connectivity index is 1.64. The second kappa shape index (κ2) is 6.95. The predicted octanol–water partition coefficient (Wildman–Crippen LogP) is 2.67. The fraction of sp³-hybridized carbons (Fsp3) is 0.167. The molecule has 0 spiro atoms. The van der Waals surface area contributed by atoms with Gasteiger partial charge in [-0.3, -0.25) is 9.48 Å². The van der Waals surface area contributed by atoms with E-state index >= 15 is 0 Å². The van der Waals surface area contributed by atoms with Crippen LogP contribution in [0.3, 0.4) is 0 Å². The lowest BCUT2D eigenvalue weighted by Crippen LogP contribution is -2.26. The number of nitrogens with zero attached hydrogens (tertiary/aromatic N) is 4. The normalized spacial score (nSPS) is 10.4. The summed E-state index contributed by atoms with van der Waals surface area (Å²) in [7, 11) is 3.43. The number of hydrogen-bond donors (Lipinski definition) is 0. The summed E-state index contributed by atoms with van der Waals surface area (Å²) in [5.41, 5.74) is 2.18. The predicted molar refractivity (Wildman–Crippen MR) is 91.0 cm³/mol. The fourth-order valence-corrected chi connectivity index (χ4v) is 2.24. The van der Waals surface area contributed by atoms with Gasteiger partial charge in [-0.05, 0) is 29.8 Å². The van der Waals surface area contributed by atoms with Gasteiger partial charge in [0.25, 0.3) is 5.91 Å². The summed E-state index contributed by atoms with van der Waals surface area (Å²) < 4.78 is 7.25. The Morgan fingerprint density at radius 3 is 2.46 bits per heavy atom. The number of aromatic nitrogens is 3. The van der Waals surface area contributed by atoms with E-state index in [0.717, 1.165) is 17.0 Å². The first-order chi connectivity index (χ1) is 11.6. The third-order valence-corrected chi connectivity index (χ3v) is 3.60. The minimum absolute atomic E-state index is 0.207. The van der Waals surface area contributed by atoms with Crippen molar-refractivity contribution in [3.05, 3.63) is 72.1 Å². The smallest absolute Gasteiger partial charge is 0.280 e. The minimum atomic E-state index is -0.207. The van der Waals surface area contributed by atoms with Crippen LogP contribution in [-0.4, -0.2) is 27.9 Å². The number of ether oxygens (including phenoxy) is 1. The molecule has 0 radical (unpaired) electrons. The first kappa shape index (κ1) is 15.7. The van der Waals surface area contributed by atoms with Crippen LogP contribution in [0.4, 0.5) is 5.69 Å². The van der Waals surface area contributed by atoms with Crippen LogP contribution in [-0.2, 0) is 13.7 Å². The van der Waals surface area contributed by atoms with Crippen LogP contribution in [0.5, 0.6) is 5.75 Å². The molecule has 0 unspecified atom stereocenters. The lowest BCUT2D eigenvalue weighted by molar-refractivity contribution is 0.0988. The molecular formula is C18H18N4O2. The number of aryl methyl sites for hydroxylation is 1. The van der Waals surface area contributed by atoms with Gasteiger partial charge >= 0.3 is 0 Å². The Morgan fingerprint density at radius 1 is 1.12 bits per heavy atom. The van der Waals surface area contributed by atoms with E-state index in [9.17, 15) is 4.79 Å². The molecule has 0 aliphatic rings. The van der Waals surface area contributed by atoms with Gasteiger partial charge in [0.15, 0.2) is 5.69 Å². The molecule has 1 amide bonds. The van der Waals surface area contributed by atoms with Gasteiger partial charge in [0, 0.05) is 19.8 Å². The molecule has 0 aliphatic carbocycles. The van der Waals surface area contributed by atoms with E-state index in [1.54, 1.807) is 20.3 Å². The second-order valence-electron chi connectivity index (χ2n) is 5.41. The summed E-state index contributed by atoms with van der Waals surface area (Å²) >= 11 is 0. The van der Waals surface area contributed by atoms with Crippen LogP contribution in [0.25, 0.3) is 0 Å². The lowest BCUT2D eigenvalue weighted by Gasteiger charge is -2.16. The zero-order valence-electron chi connectivity index (χ0n) is 13.6. The minimum Gasteiger partial charge on any atom is -0.489 e. The van der Waals surface area contributed by atoms with Gasteiger partial charge in [0.1, 0.15) is 12.4 Å². The van der Waals surface area contributed by atoms with E-state index in [-0.39, 0.29) is 5.91 Å². The molecule has 0 saturated carbocycles. The van der Waals surface area contributed by atoms with Crippen molar-refractivity contribution in [3.8, 4) is 5.75 Å². The third-order valence-electron chi connectivity index (χ3n) is 3.60. The molecule has 0 N–H and O–H groups in total. The van der Waals surface area contributed by atoms with Crippen LogP contribution in [0, 0.1) is 0 Å². The number of amides is 1. The standard InChI is InChI=1S/C18H18N4O2/c1-21-12-17(19-20-21)18(23)22(2)15-8-10-16(11-9-15)24-13-14-6-4-3-5-7-14/h3-12H,13H2,1-2H3. The molecule has 6 nitrogen and oxygen atoms in total. The van der Waals surface area contributed by atoms with Gasteiger partial charge in [0.2, 0.25) is 0 Å². The van der Waals surface area contributed by atoms with Gasteiger partial charge in [-0.1, -0.05) is 35.5 Å². The molecule has 0 aliphatic heterocycles. The number of benzene rings is 2. The SMILES string of the molecule is CN(C(=O)c1cn(C)nn1)c1ccc(OCc2ccccc2)cc1. The van der Waals surface area contributed by atoms with Crippen molar-refractivity contribution in [2.24, 2.45) is 7.05 Å². The molecule has 122 valence electrons. The summed E-state index contributed by atoms with van der Waals surface area (Å²) in [4.78, 5) is 13.9.